The summed E-state index contributed by atoms with van der Waals surface area (Å²) in [4.78, 5) is 0.108. The molecule has 0 spiro atoms. The Kier molecular flexibility index (Phi) is 4.55. The average Bonchev–Trinajstić information content (AvgIpc) is 2.28. The molecule has 92 valence electrons. The van der Waals surface area contributed by atoms with Gasteiger partial charge in [-0.05, 0) is 30.5 Å². The third-order valence-electron chi connectivity index (χ3n) is 2.36. The maximum Gasteiger partial charge on any atom is 0.180 e. The van der Waals surface area contributed by atoms with Crippen LogP contribution in [0.25, 0.3) is 0 Å². The molecule has 0 radical (unpaired) electrons. The van der Waals surface area contributed by atoms with E-state index in [0.717, 1.165) is 5.56 Å². The molecule has 0 amide bonds. The molecule has 1 aromatic carbocycles. The summed E-state index contributed by atoms with van der Waals surface area (Å²) < 4.78 is 24.2. The van der Waals surface area contributed by atoms with Crippen molar-refractivity contribution in [2.24, 2.45) is 5.92 Å². The fourth-order valence-electron chi connectivity index (χ4n) is 1.49. The normalized spacial score (nSPS) is 13.1. The van der Waals surface area contributed by atoms with Crippen molar-refractivity contribution in [3.05, 3.63) is 29.3 Å². The molecule has 1 unspecified atom stereocenters. The van der Waals surface area contributed by atoms with Crippen LogP contribution < -0.4 is 0 Å². The molecule has 0 aromatic heterocycles. The Balaban J connectivity index is 3.24. The van der Waals surface area contributed by atoms with E-state index in [9.17, 15) is 8.42 Å². The van der Waals surface area contributed by atoms with Crippen molar-refractivity contribution in [2.75, 3.05) is 11.6 Å². The topological polar surface area (TPSA) is 57.9 Å². The van der Waals surface area contributed by atoms with Crippen molar-refractivity contribution in [3.8, 4) is 6.07 Å². The van der Waals surface area contributed by atoms with Crippen LogP contribution >= 0.6 is 11.6 Å². The second-order valence-corrected chi connectivity index (χ2v) is 6.46. The van der Waals surface area contributed by atoms with Gasteiger partial charge in [-0.2, -0.15) is 5.26 Å². The van der Waals surface area contributed by atoms with Crippen molar-refractivity contribution in [3.63, 3.8) is 0 Å². The van der Waals surface area contributed by atoms with Crippen LogP contribution in [0.15, 0.2) is 23.1 Å². The first-order chi connectivity index (χ1) is 7.90. The van der Waals surface area contributed by atoms with Crippen LogP contribution in [0.1, 0.15) is 18.1 Å². The Morgan fingerprint density at radius 3 is 2.65 bits per heavy atom. The fraction of sp³-hybridized carbons (Fsp3) is 0.417. The molecule has 0 heterocycles. The summed E-state index contributed by atoms with van der Waals surface area (Å²) in [6, 6.07) is 6.70. The number of nitrogens with zero attached hydrogens (tertiary/aromatic N) is 1. The number of sulfone groups is 1. The van der Waals surface area contributed by atoms with Crippen LogP contribution in [0.3, 0.4) is 0 Å². The second-order valence-electron chi connectivity index (χ2n) is 4.15. The summed E-state index contributed by atoms with van der Waals surface area (Å²) in [7, 11) is -3.44. The van der Waals surface area contributed by atoms with Crippen molar-refractivity contribution >= 4 is 21.4 Å². The summed E-state index contributed by atoms with van der Waals surface area (Å²) in [5, 5.41) is 8.92. The lowest BCUT2D eigenvalue weighted by Crippen LogP contribution is -2.16. The minimum absolute atomic E-state index is 0.0331. The quantitative estimate of drug-likeness (QED) is 0.791. The van der Waals surface area contributed by atoms with Gasteiger partial charge in [-0.3, -0.25) is 0 Å². The number of benzene rings is 1. The Hall–Kier alpha value is -1.05. The molecule has 0 saturated heterocycles. The molecule has 5 heteroatoms. The van der Waals surface area contributed by atoms with E-state index in [2.05, 4.69) is 0 Å². The summed E-state index contributed by atoms with van der Waals surface area (Å²) in [6.07, 6.45) is 0. The summed E-state index contributed by atoms with van der Waals surface area (Å²) in [5.74, 6) is 0.121. The molecule has 0 aliphatic rings. The van der Waals surface area contributed by atoms with Gasteiger partial charge < -0.3 is 0 Å². The van der Waals surface area contributed by atoms with E-state index in [1.165, 1.54) is 12.1 Å². The monoisotopic (exact) mass is 271 g/mol. The number of alkyl halides is 1. The van der Waals surface area contributed by atoms with E-state index in [1.807, 2.05) is 6.07 Å². The van der Waals surface area contributed by atoms with Gasteiger partial charge in [0.05, 0.1) is 16.2 Å². The third kappa shape index (κ3) is 3.45. The smallest absolute Gasteiger partial charge is 0.180 e. The zero-order valence-electron chi connectivity index (χ0n) is 9.77. The van der Waals surface area contributed by atoms with E-state index in [4.69, 9.17) is 16.9 Å². The largest absolute Gasteiger partial charge is 0.224 e. The molecule has 0 bridgehead atoms. The maximum absolute atomic E-state index is 12.1. The first-order valence-corrected chi connectivity index (χ1v) is 7.39. The summed E-state index contributed by atoms with van der Waals surface area (Å²) in [6.45, 7) is 3.57. The molecule has 1 aromatic rings. The third-order valence-corrected chi connectivity index (χ3v) is 4.90. The predicted molar refractivity (Wildman–Crippen MR) is 67.8 cm³/mol. The number of aryl methyl sites for hydroxylation is 1. The molecule has 0 fully saturated rings. The van der Waals surface area contributed by atoms with E-state index >= 15 is 0 Å². The molecule has 0 aliphatic heterocycles. The highest BCUT2D eigenvalue weighted by Gasteiger charge is 2.21. The Morgan fingerprint density at radius 2 is 2.12 bits per heavy atom. The van der Waals surface area contributed by atoms with E-state index in [0.29, 0.717) is 0 Å². The Labute approximate surface area is 107 Å². The first kappa shape index (κ1) is 14.0. The molecule has 1 atom stereocenters. The van der Waals surface area contributed by atoms with Gasteiger partial charge in [-0.15, -0.1) is 11.6 Å². The lowest BCUT2D eigenvalue weighted by atomic mass is 10.2. The average molecular weight is 272 g/mol. The molecular formula is C12H14ClNO2S. The minimum atomic E-state index is -3.44. The summed E-state index contributed by atoms with van der Waals surface area (Å²) in [5.41, 5.74) is 1.01. The van der Waals surface area contributed by atoms with E-state index in [-0.39, 0.29) is 28.0 Å². The highest BCUT2D eigenvalue weighted by atomic mass is 35.5. The summed E-state index contributed by atoms with van der Waals surface area (Å²) >= 11 is 5.62. The van der Waals surface area contributed by atoms with Crippen LogP contribution in [0, 0.1) is 24.2 Å². The van der Waals surface area contributed by atoms with Crippen LogP contribution in [-0.2, 0) is 9.84 Å². The Bertz CT molecular complexity index is 546. The molecule has 1 rings (SSSR count). The number of hydrogen-bond acceptors (Lipinski definition) is 3. The first-order valence-electron chi connectivity index (χ1n) is 5.20. The van der Waals surface area contributed by atoms with E-state index < -0.39 is 9.84 Å². The standard InChI is InChI=1S/C12H14ClNO2S/c1-9-3-4-11(7-14)12(5-9)17(15,16)8-10(2)6-13/h3-5,10H,6,8H2,1-2H3. The predicted octanol–water partition coefficient (Wildman–Crippen LogP) is 2.52. The van der Waals surface area contributed by atoms with Gasteiger partial charge >= 0.3 is 0 Å². The minimum Gasteiger partial charge on any atom is -0.224 e. The molecule has 3 nitrogen and oxygen atoms in total. The van der Waals surface area contributed by atoms with Gasteiger partial charge in [0.15, 0.2) is 9.84 Å². The number of rotatable bonds is 4. The molecule has 17 heavy (non-hydrogen) atoms. The highest BCUT2D eigenvalue weighted by molar-refractivity contribution is 7.91. The number of nitriles is 1. The second kappa shape index (κ2) is 5.52. The van der Waals surface area contributed by atoms with Crippen molar-refractivity contribution < 1.29 is 8.42 Å². The SMILES string of the molecule is Cc1ccc(C#N)c(S(=O)(=O)CC(C)CCl)c1. The zero-order chi connectivity index (χ0) is 13.1. The van der Waals surface area contributed by atoms with Crippen LogP contribution in [0.4, 0.5) is 0 Å². The molecule has 0 saturated carbocycles. The van der Waals surface area contributed by atoms with Gasteiger partial charge in [0.2, 0.25) is 0 Å². The van der Waals surface area contributed by atoms with Gasteiger partial charge in [0.1, 0.15) is 6.07 Å². The lowest BCUT2D eigenvalue weighted by Gasteiger charge is -2.10. The Morgan fingerprint density at radius 1 is 1.47 bits per heavy atom. The highest BCUT2D eigenvalue weighted by Crippen LogP contribution is 2.20. The molecule has 0 N–H and O–H groups in total. The van der Waals surface area contributed by atoms with Crippen LogP contribution in [-0.4, -0.2) is 20.1 Å². The maximum atomic E-state index is 12.1. The number of halogens is 1. The van der Waals surface area contributed by atoms with Crippen molar-refractivity contribution in [2.45, 2.75) is 18.7 Å². The van der Waals surface area contributed by atoms with Crippen LogP contribution in [0.2, 0.25) is 0 Å². The van der Waals surface area contributed by atoms with Gasteiger partial charge in [-0.1, -0.05) is 13.0 Å². The van der Waals surface area contributed by atoms with E-state index in [1.54, 1.807) is 19.9 Å². The zero-order valence-corrected chi connectivity index (χ0v) is 11.3. The van der Waals surface area contributed by atoms with Crippen molar-refractivity contribution in [1.82, 2.24) is 0 Å². The molecule has 0 aliphatic carbocycles. The van der Waals surface area contributed by atoms with Gasteiger partial charge in [0.25, 0.3) is 0 Å². The fourth-order valence-corrected chi connectivity index (χ4v) is 3.59. The van der Waals surface area contributed by atoms with Crippen molar-refractivity contribution in [1.29, 1.82) is 5.26 Å². The van der Waals surface area contributed by atoms with Crippen LogP contribution in [0.5, 0.6) is 0 Å². The molecular weight excluding hydrogens is 258 g/mol. The number of hydrogen-bond donors (Lipinski definition) is 0. The van der Waals surface area contributed by atoms with Gasteiger partial charge in [-0.25, -0.2) is 8.42 Å². The van der Waals surface area contributed by atoms with Gasteiger partial charge in [0, 0.05) is 5.88 Å². The lowest BCUT2D eigenvalue weighted by molar-refractivity contribution is 0.583.